The van der Waals surface area contributed by atoms with E-state index in [1.54, 1.807) is 0 Å². The molecule has 1 N–H and O–H groups in total. The van der Waals surface area contributed by atoms with E-state index in [0.29, 0.717) is 6.04 Å². The summed E-state index contributed by atoms with van der Waals surface area (Å²) in [4.78, 5) is 15.9. The van der Waals surface area contributed by atoms with Gasteiger partial charge in [0.25, 0.3) is 0 Å². The molecule has 0 aliphatic carbocycles. The molecule has 3 aromatic rings. The minimum atomic E-state index is 0.648. The summed E-state index contributed by atoms with van der Waals surface area (Å²) in [6.45, 7) is 14.8. The van der Waals surface area contributed by atoms with E-state index in [4.69, 9.17) is 9.72 Å². The molecular formula is C26H35N5O. The second-order valence-corrected chi connectivity index (χ2v) is 9.41. The van der Waals surface area contributed by atoms with Crippen LogP contribution in [0.1, 0.15) is 25.1 Å². The van der Waals surface area contributed by atoms with E-state index in [0.717, 1.165) is 63.7 Å². The Hall–Kier alpha value is -2.25. The van der Waals surface area contributed by atoms with Gasteiger partial charge in [0, 0.05) is 86.8 Å². The van der Waals surface area contributed by atoms with Crippen LogP contribution in [0.5, 0.6) is 0 Å². The molecule has 32 heavy (non-hydrogen) atoms. The van der Waals surface area contributed by atoms with E-state index in [2.05, 4.69) is 69.9 Å². The Morgan fingerprint density at radius 3 is 2.34 bits per heavy atom. The van der Waals surface area contributed by atoms with Gasteiger partial charge in [-0.1, -0.05) is 24.3 Å². The summed E-state index contributed by atoms with van der Waals surface area (Å²) in [6.07, 6.45) is 1.91. The molecule has 0 spiro atoms. The Morgan fingerprint density at radius 1 is 0.906 bits per heavy atom. The molecule has 170 valence electrons. The number of piperazine rings is 1. The lowest BCUT2D eigenvalue weighted by Gasteiger charge is -2.36. The van der Waals surface area contributed by atoms with Gasteiger partial charge in [-0.2, -0.15) is 0 Å². The quantitative estimate of drug-likeness (QED) is 0.644. The maximum absolute atomic E-state index is 5.48. The van der Waals surface area contributed by atoms with Crippen molar-refractivity contribution in [1.82, 2.24) is 24.7 Å². The molecule has 6 nitrogen and oxygen atoms in total. The van der Waals surface area contributed by atoms with E-state index >= 15 is 0 Å². The number of nitrogens with one attached hydrogen (secondary N) is 1. The molecule has 2 aromatic heterocycles. The Morgan fingerprint density at radius 2 is 1.62 bits per heavy atom. The topological polar surface area (TPSA) is 47.6 Å². The highest BCUT2D eigenvalue weighted by atomic mass is 16.5. The number of fused-ring (bicyclic) bond motifs is 1. The van der Waals surface area contributed by atoms with E-state index in [-0.39, 0.29) is 0 Å². The van der Waals surface area contributed by atoms with Gasteiger partial charge in [0.1, 0.15) is 0 Å². The number of ether oxygens (including phenoxy) is 1. The molecule has 2 fully saturated rings. The van der Waals surface area contributed by atoms with Crippen LogP contribution in [-0.4, -0.2) is 83.2 Å². The number of H-pyrrole nitrogens is 1. The number of nitrogens with zero attached hydrogens (tertiary/aromatic N) is 4. The van der Waals surface area contributed by atoms with Gasteiger partial charge < -0.3 is 9.72 Å². The van der Waals surface area contributed by atoms with Gasteiger partial charge in [0.15, 0.2) is 0 Å². The van der Waals surface area contributed by atoms with Gasteiger partial charge in [-0.15, -0.1) is 0 Å². The van der Waals surface area contributed by atoms with Gasteiger partial charge in [-0.05, 0) is 31.5 Å². The lowest BCUT2D eigenvalue weighted by atomic mass is 10.1. The summed E-state index contributed by atoms with van der Waals surface area (Å²) in [6, 6.07) is 14.0. The van der Waals surface area contributed by atoms with Crippen LogP contribution < -0.4 is 0 Å². The van der Waals surface area contributed by atoms with Gasteiger partial charge in [-0.3, -0.25) is 19.7 Å². The largest absolute Gasteiger partial charge is 0.379 e. The highest BCUT2D eigenvalue weighted by Gasteiger charge is 2.19. The Bertz CT molecular complexity index is 1010. The second-order valence-electron chi connectivity index (χ2n) is 9.41. The third kappa shape index (κ3) is 4.89. The van der Waals surface area contributed by atoms with Crippen molar-refractivity contribution in [3.8, 4) is 11.3 Å². The number of pyridine rings is 1. The number of aromatic nitrogens is 2. The SMILES string of the molecule is CC(C)N1CCN(Cc2ccc(-c3nccc4[nH]c(CN5CCOCC5)cc34)cc2)CC1. The number of hydrogen-bond acceptors (Lipinski definition) is 5. The predicted octanol–water partition coefficient (Wildman–Crippen LogP) is 3.59. The summed E-state index contributed by atoms with van der Waals surface area (Å²) < 4.78 is 5.48. The minimum absolute atomic E-state index is 0.648. The average Bonchev–Trinajstić information content (AvgIpc) is 3.23. The lowest BCUT2D eigenvalue weighted by Crippen LogP contribution is -2.48. The summed E-state index contributed by atoms with van der Waals surface area (Å²) >= 11 is 0. The van der Waals surface area contributed by atoms with Crippen LogP contribution in [0.2, 0.25) is 0 Å². The molecule has 2 aliphatic rings. The van der Waals surface area contributed by atoms with Gasteiger partial charge in [-0.25, -0.2) is 0 Å². The van der Waals surface area contributed by atoms with Crippen LogP contribution in [0.15, 0.2) is 42.6 Å². The molecular weight excluding hydrogens is 398 g/mol. The highest BCUT2D eigenvalue weighted by Crippen LogP contribution is 2.28. The van der Waals surface area contributed by atoms with Gasteiger partial charge >= 0.3 is 0 Å². The standard InChI is InChI=1S/C26H35N5O/c1-20(2)31-11-9-29(10-12-31)18-21-3-5-22(6-4-21)26-24-17-23(28-25(24)7-8-27-26)19-30-13-15-32-16-14-30/h3-8,17,20,28H,9-16,18-19H2,1-2H3. The van der Waals surface area contributed by atoms with Gasteiger partial charge in [0.05, 0.1) is 18.9 Å². The molecule has 4 heterocycles. The van der Waals surface area contributed by atoms with Gasteiger partial charge in [0.2, 0.25) is 0 Å². The van der Waals surface area contributed by atoms with E-state index in [1.165, 1.54) is 35.3 Å². The third-order valence-electron chi connectivity index (χ3n) is 6.87. The normalized spacial score (nSPS) is 19.2. The zero-order valence-electron chi connectivity index (χ0n) is 19.4. The first-order valence-electron chi connectivity index (χ1n) is 12.0. The molecule has 0 unspecified atom stereocenters. The first-order chi connectivity index (χ1) is 15.7. The summed E-state index contributed by atoms with van der Waals surface area (Å²) in [5, 5.41) is 1.20. The number of benzene rings is 1. The number of hydrogen-bond donors (Lipinski definition) is 1. The smallest absolute Gasteiger partial charge is 0.0795 e. The Balaban J connectivity index is 1.28. The number of morpholine rings is 1. The highest BCUT2D eigenvalue weighted by molar-refractivity contribution is 5.93. The van der Waals surface area contributed by atoms with Crippen molar-refractivity contribution in [3.63, 3.8) is 0 Å². The lowest BCUT2D eigenvalue weighted by molar-refractivity contribution is 0.0337. The minimum Gasteiger partial charge on any atom is -0.379 e. The van der Waals surface area contributed by atoms with E-state index < -0.39 is 0 Å². The van der Waals surface area contributed by atoms with Crippen molar-refractivity contribution in [3.05, 3.63) is 53.9 Å². The van der Waals surface area contributed by atoms with Crippen molar-refractivity contribution in [2.45, 2.75) is 33.0 Å². The molecule has 0 radical (unpaired) electrons. The summed E-state index contributed by atoms with van der Waals surface area (Å²) in [5.74, 6) is 0. The van der Waals surface area contributed by atoms with Crippen molar-refractivity contribution in [2.24, 2.45) is 0 Å². The number of aromatic amines is 1. The zero-order chi connectivity index (χ0) is 21.9. The second kappa shape index (κ2) is 9.71. The van der Waals surface area contributed by atoms with Crippen LogP contribution in [0.25, 0.3) is 22.2 Å². The first-order valence-corrected chi connectivity index (χ1v) is 12.0. The van der Waals surface area contributed by atoms with E-state index in [1.807, 2.05) is 6.20 Å². The van der Waals surface area contributed by atoms with Crippen LogP contribution >= 0.6 is 0 Å². The fourth-order valence-electron chi connectivity index (χ4n) is 4.89. The first kappa shape index (κ1) is 21.6. The van der Waals surface area contributed by atoms with Crippen molar-refractivity contribution in [2.75, 3.05) is 52.5 Å². The molecule has 5 rings (SSSR count). The van der Waals surface area contributed by atoms with Crippen molar-refractivity contribution in [1.29, 1.82) is 0 Å². The predicted molar refractivity (Wildman–Crippen MR) is 130 cm³/mol. The molecule has 0 saturated carbocycles. The molecule has 0 bridgehead atoms. The fraction of sp³-hybridized carbons (Fsp3) is 0.500. The van der Waals surface area contributed by atoms with Crippen molar-refractivity contribution < 1.29 is 4.74 Å². The Kier molecular flexibility index (Phi) is 6.55. The molecule has 2 aliphatic heterocycles. The molecule has 0 atom stereocenters. The van der Waals surface area contributed by atoms with Crippen LogP contribution in [0.3, 0.4) is 0 Å². The fourth-order valence-corrected chi connectivity index (χ4v) is 4.89. The molecule has 6 heteroatoms. The molecule has 2 saturated heterocycles. The summed E-state index contributed by atoms with van der Waals surface area (Å²) in [7, 11) is 0. The van der Waals surface area contributed by atoms with E-state index in [9.17, 15) is 0 Å². The maximum atomic E-state index is 5.48. The van der Waals surface area contributed by atoms with Crippen LogP contribution in [-0.2, 0) is 17.8 Å². The third-order valence-corrected chi connectivity index (χ3v) is 6.87. The summed E-state index contributed by atoms with van der Waals surface area (Å²) in [5.41, 5.74) is 6.02. The number of rotatable bonds is 6. The zero-order valence-corrected chi connectivity index (χ0v) is 19.4. The monoisotopic (exact) mass is 433 g/mol. The maximum Gasteiger partial charge on any atom is 0.0795 e. The molecule has 0 amide bonds. The Labute approximate surface area is 191 Å². The average molecular weight is 434 g/mol. The van der Waals surface area contributed by atoms with Crippen LogP contribution in [0, 0.1) is 0 Å². The van der Waals surface area contributed by atoms with Crippen molar-refractivity contribution >= 4 is 10.9 Å². The van der Waals surface area contributed by atoms with Crippen LogP contribution in [0.4, 0.5) is 0 Å². The molecule has 1 aromatic carbocycles.